The molecule has 1 aromatic carbocycles. The first-order valence-electron chi connectivity index (χ1n) is 5.51. The number of hydrogen-bond acceptors (Lipinski definition) is 4. The van der Waals surface area contributed by atoms with Crippen molar-refractivity contribution < 1.29 is 9.53 Å². The second-order valence-electron chi connectivity index (χ2n) is 3.92. The Morgan fingerprint density at radius 1 is 1.35 bits per heavy atom. The maximum absolute atomic E-state index is 11.6. The minimum absolute atomic E-state index is 0.222. The average Bonchev–Trinajstić information content (AvgIpc) is 2.97. The molecule has 0 saturated carbocycles. The van der Waals surface area contributed by atoms with Gasteiger partial charge in [-0.25, -0.2) is 4.98 Å². The van der Waals surface area contributed by atoms with Crippen LogP contribution < -0.4 is 4.74 Å². The summed E-state index contributed by atoms with van der Waals surface area (Å²) in [6.07, 6.45) is 3.16. The highest BCUT2D eigenvalue weighted by molar-refractivity contribution is 7.09. The van der Waals surface area contributed by atoms with Crippen LogP contribution in [0.5, 0.6) is 5.75 Å². The van der Waals surface area contributed by atoms with E-state index in [4.69, 9.17) is 4.74 Å². The third-order valence-electron chi connectivity index (χ3n) is 2.87. The number of hydrogen-bond donors (Lipinski definition) is 0. The highest BCUT2D eigenvalue weighted by Gasteiger charge is 2.22. The molecular formula is C13H11NO2S. The van der Waals surface area contributed by atoms with E-state index in [0.29, 0.717) is 13.0 Å². The van der Waals surface area contributed by atoms with Crippen LogP contribution in [0.1, 0.15) is 27.3 Å². The summed E-state index contributed by atoms with van der Waals surface area (Å²) in [5.74, 6) is 1.04. The van der Waals surface area contributed by atoms with Crippen molar-refractivity contribution in [2.45, 2.75) is 19.4 Å². The van der Waals surface area contributed by atoms with Crippen LogP contribution >= 0.6 is 11.3 Å². The molecular weight excluding hydrogens is 234 g/mol. The van der Waals surface area contributed by atoms with Gasteiger partial charge in [-0.2, -0.15) is 0 Å². The summed E-state index contributed by atoms with van der Waals surface area (Å²) < 4.78 is 5.74. The molecule has 4 heteroatoms. The van der Waals surface area contributed by atoms with E-state index >= 15 is 0 Å². The molecule has 0 saturated heterocycles. The highest BCUT2D eigenvalue weighted by Crippen LogP contribution is 2.30. The number of ketones is 1. The predicted octanol–water partition coefficient (Wildman–Crippen LogP) is 2.85. The topological polar surface area (TPSA) is 39.2 Å². The Balaban J connectivity index is 1.82. The van der Waals surface area contributed by atoms with Gasteiger partial charge in [0.15, 0.2) is 5.78 Å². The van der Waals surface area contributed by atoms with Gasteiger partial charge in [-0.15, -0.1) is 11.3 Å². The molecule has 86 valence electrons. The third-order valence-corrected chi connectivity index (χ3v) is 3.62. The normalized spacial score (nSPS) is 13.8. The maximum Gasteiger partial charge on any atom is 0.163 e. The minimum Gasteiger partial charge on any atom is -0.486 e. The average molecular weight is 245 g/mol. The number of thiazole rings is 1. The maximum atomic E-state index is 11.6. The van der Waals surface area contributed by atoms with Gasteiger partial charge in [0.2, 0.25) is 0 Å². The lowest BCUT2D eigenvalue weighted by atomic mass is 10.1. The van der Waals surface area contributed by atoms with Crippen molar-refractivity contribution in [3.63, 3.8) is 0 Å². The molecule has 0 amide bonds. The SMILES string of the molecule is O=C1CCc2c(OCc3nccs3)cccc21. The van der Waals surface area contributed by atoms with Gasteiger partial charge in [0.25, 0.3) is 0 Å². The number of aromatic nitrogens is 1. The molecule has 0 radical (unpaired) electrons. The summed E-state index contributed by atoms with van der Waals surface area (Å²) in [6, 6.07) is 5.67. The zero-order valence-corrected chi connectivity index (χ0v) is 10.00. The van der Waals surface area contributed by atoms with E-state index in [-0.39, 0.29) is 5.78 Å². The van der Waals surface area contributed by atoms with Crippen LogP contribution in [-0.4, -0.2) is 10.8 Å². The summed E-state index contributed by atoms with van der Waals surface area (Å²) >= 11 is 1.57. The van der Waals surface area contributed by atoms with Gasteiger partial charge < -0.3 is 4.74 Å². The lowest BCUT2D eigenvalue weighted by molar-refractivity contribution is 0.0994. The number of benzene rings is 1. The zero-order valence-electron chi connectivity index (χ0n) is 9.18. The van der Waals surface area contributed by atoms with Gasteiger partial charge in [0, 0.05) is 29.1 Å². The van der Waals surface area contributed by atoms with Gasteiger partial charge in [0.05, 0.1) is 0 Å². The molecule has 0 atom stereocenters. The Kier molecular flexibility index (Phi) is 2.65. The van der Waals surface area contributed by atoms with E-state index in [9.17, 15) is 4.79 Å². The monoisotopic (exact) mass is 245 g/mol. The molecule has 0 aliphatic heterocycles. The van der Waals surface area contributed by atoms with Gasteiger partial charge in [-0.05, 0) is 12.5 Å². The van der Waals surface area contributed by atoms with Crippen molar-refractivity contribution in [1.29, 1.82) is 0 Å². The zero-order chi connectivity index (χ0) is 11.7. The van der Waals surface area contributed by atoms with Crippen molar-refractivity contribution in [1.82, 2.24) is 4.98 Å². The Labute approximate surface area is 103 Å². The Morgan fingerprint density at radius 3 is 3.12 bits per heavy atom. The molecule has 0 N–H and O–H groups in total. The number of ether oxygens (including phenoxy) is 1. The highest BCUT2D eigenvalue weighted by atomic mass is 32.1. The van der Waals surface area contributed by atoms with Crippen molar-refractivity contribution in [3.05, 3.63) is 45.9 Å². The lowest BCUT2D eigenvalue weighted by Crippen LogP contribution is -1.98. The number of carbonyl (C=O) groups is 1. The van der Waals surface area contributed by atoms with Crippen LogP contribution in [-0.2, 0) is 13.0 Å². The van der Waals surface area contributed by atoms with E-state index in [1.807, 2.05) is 23.6 Å². The summed E-state index contributed by atoms with van der Waals surface area (Å²) in [5, 5.41) is 2.88. The van der Waals surface area contributed by atoms with E-state index < -0.39 is 0 Å². The van der Waals surface area contributed by atoms with Crippen LogP contribution in [0.25, 0.3) is 0 Å². The largest absolute Gasteiger partial charge is 0.486 e. The van der Waals surface area contributed by atoms with Gasteiger partial charge in [-0.3, -0.25) is 4.79 Å². The molecule has 0 spiro atoms. The van der Waals surface area contributed by atoms with Crippen molar-refractivity contribution in [2.75, 3.05) is 0 Å². The predicted molar refractivity (Wildman–Crippen MR) is 65.5 cm³/mol. The van der Waals surface area contributed by atoms with Crippen LogP contribution in [0.15, 0.2) is 29.8 Å². The molecule has 0 fully saturated rings. The van der Waals surface area contributed by atoms with E-state index in [0.717, 1.165) is 28.3 Å². The first-order valence-corrected chi connectivity index (χ1v) is 6.39. The Bertz CT molecular complexity index is 549. The van der Waals surface area contributed by atoms with E-state index in [1.165, 1.54) is 0 Å². The first-order chi connectivity index (χ1) is 8.34. The van der Waals surface area contributed by atoms with Gasteiger partial charge >= 0.3 is 0 Å². The van der Waals surface area contributed by atoms with Crippen LogP contribution in [0.2, 0.25) is 0 Å². The number of fused-ring (bicyclic) bond motifs is 1. The minimum atomic E-state index is 0.222. The van der Waals surface area contributed by atoms with Crippen LogP contribution in [0.4, 0.5) is 0 Å². The smallest absolute Gasteiger partial charge is 0.163 e. The van der Waals surface area contributed by atoms with Crippen molar-refractivity contribution in [2.24, 2.45) is 0 Å². The summed E-state index contributed by atoms with van der Waals surface area (Å²) in [4.78, 5) is 15.8. The molecule has 2 aromatic rings. The van der Waals surface area contributed by atoms with Crippen molar-refractivity contribution in [3.8, 4) is 5.75 Å². The van der Waals surface area contributed by atoms with E-state index in [2.05, 4.69) is 4.98 Å². The van der Waals surface area contributed by atoms with Crippen molar-refractivity contribution >= 4 is 17.1 Å². The number of Topliss-reactive ketones (excluding diaryl/α,β-unsaturated/α-hetero) is 1. The molecule has 3 nitrogen and oxygen atoms in total. The molecule has 1 aliphatic carbocycles. The lowest BCUT2D eigenvalue weighted by Gasteiger charge is -2.08. The van der Waals surface area contributed by atoms with Crippen LogP contribution in [0.3, 0.4) is 0 Å². The summed E-state index contributed by atoms with van der Waals surface area (Å²) in [7, 11) is 0. The molecule has 1 heterocycles. The number of rotatable bonds is 3. The molecule has 1 aromatic heterocycles. The Hall–Kier alpha value is -1.68. The standard InChI is InChI=1S/C13H11NO2S/c15-11-5-4-10-9(11)2-1-3-12(10)16-8-13-14-6-7-17-13/h1-3,6-7H,4-5,8H2. The first kappa shape index (κ1) is 10.5. The quantitative estimate of drug-likeness (QED) is 0.834. The third kappa shape index (κ3) is 1.96. The van der Waals surface area contributed by atoms with Gasteiger partial charge in [0.1, 0.15) is 17.4 Å². The fraction of sp³-hybridized carbons (Fsp3) is 0.231. The fourth-order valence-electron chi connectivity index (χ4n) is 2.06. The van der Waals surface area contributed by atoms with E-state index in [1.54, 1.807) is 17.5 Å². The molecule has 17 heavy (non-hydrogen) atoms. The second kappa shape index (κ2) is 4.30. The second-order valence-corrected chi connectivity index (χ2v) is 4.90. The molecule has 1 aliphatic rings. The fourth-order valence-corrected chi connectivity index (χ4v) is 2.58. The summed E-state index contributed by atoms with van der Waals surface area (Å²) in [6.45, 7) is 0.475. The summed E-state index contributed by atoms with van der Waals surface area (Å²) in [5.41, 5.74) is 1.87. The Morgan fingerprint density at radius 2 is 2.29 bits per heavy atom. The number of nitrogens with zero attached hydrogens (tertiary/aromatic N) is 1. The number of carbonyl (C=O) groups excluding carboxylic acids is 1. The molecule has 0 unspecified atom stereocenters. The van der Waals surface area contributed by atoms with Gasteiger partial charge in [-0.1, -0.05) is 12.1 Å². The molecule has 3 rings (SSSR count). The molecule has 0 bridgehead atoms. The van der Waals surface area contributed by atoms with Crippen LogP contribution in [0, 0.1) is 0 Å².